The van der Waals surface area contributed by atoms with E-state index in [0.29, 0.717) is 18.6 Å². The van der Waals surface area contributed by atoms with Gasteiger partial charge in [0.05, 0.1) is 23.1 Å². The molecular formula is C17H15NO2S. The predicted octanol–water partition coefficient (Wildman–Crippen LogP) is 3.24. The van der Waals surface area contributed by atoms with E-state index in [1.807, 2.05) is 25.1 Å². The Morgan fingerprint density at radius 2 is 2.14 bits per heavy atom. The summed E-state index contributed by atoms with van der Waals surface area (Å²) < 4.78 is 5.78. The van der Waals surface area contributed by atoms with Crippen LogP contribution in [-0.4, -0.2) is 11.7 Å². The van der Waals surface area contributed by atoms with Crippen molar-refractivity contribution in [3.8, 4) is 23.7 Å². The van der Waals surface area contributed by atoms with Gasteiger partial charge in [-0.25, -0.2) is 0 Å². The average Bonchev–Trinajstić information content (AvgIpc) is 2.95. The molecule has 0 amide bonds. The minimum Gasteiger partial charge on any atom is -0.488 e. The van der Waals surface area contributed by atoms with Crippen LogP contribution in [0.15, 0.2) is 30.3 Å². The van der Waals surface area contributed by atoms with Gasteiger partial charge in [0, 0.05) is 11.3 Å². The first kappa shape index (κ1) is 15.1. The molecule has 4 heteroatoms. The zero-order valence-corrected chi connectivity index (χ0v) is 12.5. The molecule has 0 unspecified atom stereocenters. The standard InChI is InChI=1S/C17H15NO2S/c1-13-5-6-14(11-18)10-17(13)20-12-16-8-7-15(21-16)4-2-3-9-19/h5-8,10,19H,3,9,12H2,1H3. The number of benzene rings is 1. The fourth-order valence-corrected chi connectivity index (χ4v) is 2.50. The third kappa shape index (κ3) is 4.36. The molecule has 2 rings (SSSR count). The second-order valence-corrected chi connectivity index (χ2v) is 5.59. The van der Waals surface area contributed by atoms with Crippen molar-refractivity contribution in [1.82, 2.24) is 0 Å². The second kappa shape index (κ2) is 7.50. The van der Waals surface area contributed by atoms with Gasteiger partial charge in [-0.15, -0.1) is 11.3 Å². The van der Waals surface area contributed by atoms with Crippen molar-refractivity contribution < 1.29 is 9.84 Å². The number of nitrogens with zero attached hydrogens (tertiary/aromatic N) is 1. The molecule has 106 valence electrons. The van der Waals surface area contributed by atoms with Gasteiger partial charge in [0.25, 0.3) is 0 Å². The first-order chi connectivity index (χ1) is 10.2. The molecule has 3 nitrogen and oxygen atoms in total. The molecule has 0 fully saturated rings. The second-order valence-electron chi connectivity index (χ2n) is 4.42. The zero-order valence-electron chi connectivity index (χ0n) is 11.7. The monoisotopic (exact) mass is 297 g/mol. The molecule has 0 bridgehead atoms. The van der Waals surface area contributed by atoms with E-state index >= 15 is 0 Å². The van der Waals surface area contributed by atoms with Crippen LogP contribution in [0.1, 0.15) is 27.3 Å². The summed E-state index contributed by atoms with van der Waals surface area (Å²) in [6, 6.07) is 11.5. The van der Waals surface area contributed by atoms with Crippen LogP contribution in [0.25, 0.3) is 0 Å². The van der Waals surface area contributed by atoms with Crippen molar-refractivity contribution in [1.29, 1.82) is 5.26 Å². The van der Waals surface area contributed by atoms with Crippen molar-refractivity contribution in [2.75, 3.05) is 6.61 Å². The summed E-state index contributed by atoms with van der Waals surface area (Å²) in [6.45, 7) is 2.50. The summed E-state index contributed by atoms with van der Waals surface area (Å²) in [5.74, 6) is 6.63. The predicted molar refractivity (Wildman–Crippen MR) is 83.1 cm³/mol. The molecule has 1 heterocycles. The van der Waals surface area contributed by atoms with Gasteiger partial charge in [-0.3, -0.25) is 0 Å². The molecule has 0 aliphatic carbocycles. The quantitative estimate of drug-likeness (QED) is 0.881. The van der Waals surface area contributed by atoms with Crippen LogP contribution in [0.5, 0.6) is 5.75 Å². The fraction of sp³-hybridized carbons (Fsp3) is 0.235. The first-order valence-corrected chi connectivity index (χ1v) is 7.36. The molecule has 0 atom stereocenters. The Labute approximate surface area is 128 Å². The highest BCUT2D eigenvalue weighted by Gasteiger charge is 2.04. The van der Waals surface area contributed by atoms with Crippen LogP contribution in [-0.2, 0) is 6.61 Å². The molecule has 0 saturated heterocycles. The SMILES string of the molecule is Cc1ccc(C#N)cc1OCc1ccc(C#CCCO)s1. The lowest BCUT2D eigenvalue weighted by Crippen LogP contribution is -1.95. The van der Waals surface area contributed by atoms with Crippen molar-refractivity contribution in [3.05, 3.63) is 51.2 Å². The van der Waals surface area contributed by atoms with Gasteiger partial charge in [-0.2, -0.15) is 5.26 Å². The maximum atomic E-state index is 8.91. The Bertz CT molecular complexity index is 716. The van der Waals surface area contributed by atoms with Gasteiger partial charge in [0.15, 0.2) is 0 Å². The Morgan fingerprint density at radius 1 is 1.29 bits per heavy atom. The van der Waals surface area contributed by atoms with Crippen molar-refractivity contribution in [2.45, 2.75) is 20.0 Å². The van der Waals surface area contributed by atoms with Gasteiger partial charge in [0.2, 0.25) is 0 Å². The van der Waals surface area contributed by atoms with Crippen LogP contribution >= 0.6 is 11.3 Å². The number of aliphatic hydroxyl groups is 1. The summed E-state index contributed by atoms with van der Waals surface area (Å²) in [5.41, 5.74) is 1.60. The van der Waals surface area contributed by atoms with Gasteiger partial charge >= 0.3 is 0 Å². The van der Waals surface area contributed by atoms with E-state index in [2.05, 4.69) is 17.9 Å². The molecule has 21 heavy (non-hydrogen) atoms. The molecule has 0 spiro atoms. The van der Waals surface area contributed by atoms with Crippen LogP contribution in [0.4, 0.5) is 0 Å². The summed E-state index contributed by atoms with van der Waals surface area (Å²) >= 11 is 1.57. The summed E-state index contributed by atoms with van der Waals surface area (Å²) in [5, 5.41) is 17.6. The number of aryl methyl sites for hydroxylation is 1. The smallest absolute Gasteiger partial charge is 0.124 e. The van der Waals surface area contributed by atoms with E-state index in [4.69, 9.17) is 15.1 Å². The molecule has 1 aromatic carbocycles. The maximum Gasteiger partial charge on any atom is 0.124 e. The van der Waals surface area contributed by atoms with Crippen LogP contribution in [0, 0.1) is 30.1 Å². The lowest BCUT2D eigenvalue weighted by Gasteiger charge is -2.08. The Morgan fingerprint density at radius 3 is 2.90 bits per heavy atom. The largest absolute Gasteiger partial charge is 0.488 e. The third-order valence-corrected chi connectivity index (χ3v) is 3.77. The van der Waals surface area contributed by atoms with E-state index in [9.17, 15) is 0 Å². The number of rotatable bonds is 4. The Kier molecular flexibility index (Phi) is 5.40. The summed E-state index contributed by atoms with van der Waals surface area (Å²) in [6.07, 6.45) is 0.490. The van der Waals surface area contributed by atoms with Gasteiger partial charge in [-0.05, 0) is 36.8 Å². The summed E-state index contributed by atoms with van der Waals surface area (Å²) in [7, 11) is 0. The molecule has 0 aliphatic heterocycles. The number of hydrogen-bond donors (Lipinski definition) is 1. The van der Waals surface area contributed by atoms with Crippen molar-refractivity contribution >= 4 is 11.3 Å². The maximum absolute atomic E-state index is 8.91. The number of nitriles is 1. The Hall–Kier alpha value is -2.27. The van der Waals surface area contributed by atoms with Gasteiger partial charge in [-0.1, -0.05) is 17.9 Å². The summed E-state index contributed by atoms with van der Waals surface area (Å²) in [4.78, 5) is 2.04. The van der Waals surface area contributed by atoms with Crippen LogP contribution in [0.3, 0.4) is 0 Å². The Balaban J connectivity index is 2.01. The van der Waals surface area contributed by atoms with Crippen molar-refractivity contribution in [2.24, 2.45) is 0 Å². The third-order valence-electron chi connectivity index (χ3n) is 2.80. The highest BCUT2D eigenvalue weighted by atomic mass is 32.1. The highest BCUT2D eigenvalue weighted by molar-refractivity contribution is 7.12. The lowest BCUT2D eigenvalue weighted by atomic mass is 10.1. The normalized spacial score (nSPS) is 9.57. The van der Waals surface area contributed by atoms with E-state index in [-0.39, 0.29) is 6.61 Å². The van der Waals surface area contributed by atoms with Crippen LogP contribution < -0.4 is 4.74 Å². The van der Waals surface area contributed by atoms with Gasteiger partial charge < -0.3 is 9.84 Å². The van der Waals surface area contributed by atoms with Gasteiger partial charge in [0.1, 0.15) is 12.4 Å². The average molecular weight is 297 g/mol. The van der Waals surface area contributed by atoms with E-state index in [0.717, 1.165) is 21.1 Å². The van der Waals surface area contributed by atoms with E-state index in [1.54, 1.807) is 23.5 Å². The fourth-order valence-electron chi connectivity index (χ4n) is 1.70. The first-order valence-electron chi connectivity index (χ1n) is 6.55. The van der Waals surface area contributed by atoms with E-state index < -0.39 is 0 Å². The van der Waals surface area contributed by atoms with Crippen LogP contribution in [0.2, 0.25) is 0 Å². The number of aliphatic hydroxyl groups excluding tert-OH is 1. The molecule has 1 aromatic heterocycles. The number of ether oxygens (including phenoxy) is 1. The number of hydrogen-bond acceptors (Lipinski definition) is 4. The molecule has 0 saturated carbocycles. The molecular weight excluding hydrogens is 282 g/mol. The van der Waals surface area contributed by atoms with Crippen molar-refractivity contribution in [3.63, 3.8) is 0 Å². The zero-order chi connectivity index (χ0) is 15.1. The topological polar surface area (TPSA) is 53.2 Å². The lowest BCUT2D eigenvalue weighted by molar-refractivity contribution is 0.305. The van der Waals surface area contributed by atoms with E-state index in [1.165, 1.54) is 0 Å². The minimum absolute atomic E-state index is 0.0862. The molecule has 0 aliphatic rings. The highest BCUT2D eigenvalue weighted by Crippen LogP contribution is 2.22. The minimum atomic E-state index is 0.0862. The molecule has 2 aromatic rings. The number of thiophene rings is 1. The molecule has 1 N–H and O–H groups in total. The molecule has 0 radical (unpaired) electrons.